The van der Waals surface area contributed by atoms with E-state index in [-0.39, 0.29) is 17.9 Å². The molecule has 7 nitrogen and oxygen atoms in total. The highest BCUT2D eigenvalue weighted by Gasteiger charge is 2.23. The number of anilines is 2. The maximum absolute atomic E-state index is 12.3. The number of cyclic esters (lactones) is 1. The fourth-order valence-electron chi connectivity index (χ4n) is 2.47. The number of hydrogen-bond acceptors (Lipinski definition) is 4. The van der Waals surface area contributed by atoms with Gasteiger partial charge in [0.25, 0.3) is 5.91 Å². The molecular formula is C18H17N3O4. The van der Waals surface area contributed by atoms with Crippen LogP contribution in [-0.4, -0.2) is 24.5 Å². The highest BCUT2D eigenvalue weighted by Crippen LogP contribution is 2.22. The molecule has 0 spiro atoms. The van der Waals surface area contributed by atoms with Gasteiger partial charge in [-0.15, -0.1) is 0 Å². The number of hydrogen-bond donors (Lipinski definition) is 3. The van der Waals surface area contributed by atoms with Gasteiger partial charge in [-0.25, -0.2) is 4.79 Å². The molecule has 0 aliphatic carbocycles. The third-order valence-electron chi connectivity index (χ3n) is 3.69. The molecular weight excluding hydrogens is 322 g/mol. The summed E-state index contributed by atoms with van der Waals surface area (Å²) in [6, 6.07) is 13.7. The van der Waals surface area contributed by atoms with Crippen LogP contribution in [0, 0.1) is 0 Å². The Labute approximate surface area is 144 Å². The summed E-state index contributed by atoms with van der Waals surface area (Å²) in [7, 11) is 0. The van der Waals surface area contributed by atoms with E-state index in [1.54, 1.807) is 48.5 Å². The van der Waals surface area contributed by atoms with Gasteiger partial charge in [0, 0.05) is 23.9 Å². The lowest BCUT2D eigenvalue weighted by molar-refractivity contribution is -0.114. The van der Waals surface area contributed by atoms with Crippen LogP contribution in [0.4, 0.5) is 16.2 Å². The third kappa shape index (κ3) is 4.14. The molecule has 3 rings (SSSR count). The average molecular weight is 339 g/mol. The number of amides is 3. The summed E-state index contributed by atoms with van der Waals surface area (Å²) in [5.74, 6) is -0.420. The lowest BCUT2D eigenvalue weighted by Gasteiger charge is -2.10. The Bertz CT molecular complexity index is 800. The van der Waals surface area contributed by atoms with Gasteiger partial charge in [-0.05, 0) is 42.0 Å². The van der Waals surface area contributed by atoms with Crippen molar-refractivity contribution in [1.82, 2.24) is 5.32 Å². The molecule has 0 saturated carbocycles. The van der Waals surface area contributed by atoms with Crippen LogP contribution in [0.2, 0.25) is 0 Å². The smallest absolute Gasteiger partial charge is 0.407 e. The summed E-state index contributed by atoms with van der Waals surface area (Å²) in [6.07, 6.45) is -0.733. The number of benzene rings is 2. The molecule has 1 aliphatic heterocycles. The van der Waals surface area contributed by atoms with Crippen LogP contribution in [0.5, 0.6) is 0 Å². The molecule has 7 heteroatoms. The molecule has 1 unspecified atom stereocenters. The van der Waals surface area contributed by atoms with E-state index in [0.717, 1.165) is 5.56 Å². The van der Waals surface area contributed by atoms with E-state index in [1.165, 1.54) is 6.92 Å². The molecule has 1 saturated heterocycles. The zero-order valence-electron chi connectivity index (χ0n) is 13.5. The molecule has 0 bridgehead atoms. The van der Waals surface area contributed by atoms with E-state index >= 15 is 0 Å². The fourth-order valence-corrected chi connectivity index (χ4v) is 2.47. The van der Waals surface area contributed by atoms with Gasteiger partial charge >= 0.3 is 6.09 Å². The van der Waals surface area contributed by atoms with Crippen LogP contribution in [0.25, 0.3) is 0 Å². The molecule has 0 radical (unpaired) electrons. The molecule has 1 atom stereocenters. The standard InChI is InChI=1S/C18H17N3O4/c1-11(22)20-14-8-4-13(5-9-14)17(23)21-15-6-2-12(3-7-15)16-10-19-18(24)25-16/h2-9,16H,10H2,1H3,(H,19,24)(H,20,22)(H,21,23). The van der Waals surface area contributed by atoms with Crippen molar-refractivity contribution in [2.75, 3.05) is 17.2 Å². The summed E-state index contributed by atoms with van der Waals surface area (Å²) in [5.41, 5.74) is 2.60. The monoisotopic (exact) mass is 339 g/mol. The predicted octanol–water partition coefficient (Wildman–Crippen LogP) is 2.68. The van der Waals surface area contributed by atoms with E-state index in [0.29, 0.717) is 23.5 Å². The van der Waals surface area contributed by atoms with Crippen molar-refractivity contribution in [3.05, 3.63) is 59.7 Å². The second-order valence-electron chi connectivity index (χ2n) is 5.61. The number of alkyl carbamates (subject to hydrolysis) is 1. The van der Waals surface area contributed by atoms with Crippen LogP contribution < -0.4 is 16.0 Å². The molecule has 2 aromatic carbocycles. The first-order valence-electron chi connectivity index (χ1n) is 7.75. The maximum atomic E-state index is 12.3. The van der Waals surface area contributed by atoms with Crippen LogP contribution in [0.15, 0.2) is 48.5 Å². The van der Waals surface area contributed by atoms with Crippen molar-refractivity contribution in [1.29, 1.82) is 0 Å². The first-order chi connectivity index (χ1) is 12.0. The molecule has 0 aromatic heterocycles. The quantitative estimate of drug-likeness (QED) is 0.798. The normalized spacial score (nSPS) is 15.9. The second kappa shape index (κ2) is 7.04. The van der Waals surface area contributed by atoms with Gasteiger partial charge in [0.2, 0.25) is 5.91 Å². The summed E-state index contributed by atoms with van der Waals surface area (Å²) >= 11 is 0. The molecule has 3 N–H and O–H groups in total. The molecule has 1 heterocycles. The van der Waals surface area contributed by atoms with Crippen LogP contribution in [-0.2, 0) is 9.53 Å². The van der Waals surface area contributed by atoms with Crippen LogP contribution in [0.1, 0.15) is 28.9 Å². The Morgan fingerprint density at radius 2 is 1.60 bits per heavy atom. The van der Waals surface area contributed by atoms with Gasteiger partial charge in [-0.1, -0.05) is 12.1 Å². The van der Waals surface area contributed by atoms with E-state index < -0.39 is 6.09 Å². The zero-order chi connectivity index (χ0) is 17.8. The minimum atomic E-state index is -0.426. The lowest BCUT2D eigenvalue weighted by atomic mass is 10.1. The maximum Gasteiger partial charge on any atom is 0.407 e. The van der Waals surface area contributed by atoms with Crippen molar-refractivity contribution in [2.45, 2.75) is 13.0 Å². The van der Waals surface area contributed by atoms with Crippen molar-refractivity contribution in [2.24, 2.45) is 0 Å². The minimum Gasteiger partial charge on any atom is -0.439 e. The van der Waals surface area contributed by atoms with E-state index in [1.807, 2.05) is 0 Å². The summed E-state index contributed by atoms with van der Waals surface area (Å²) in [6.45, 7) is 1.86. The minimum absolute atomic E-state index is 0.166. The molecule has 1 aliphatic rings. The fraction of sp³-hybridized carbons (Fsp3) is 0.167. The molecule has 128 valence electrons. The van der Waals surface area contributed by atoms with Crippen molar-refractivity contribution in [3.63, 3.8) is 0 Å². The number of carbonyl (C=O) groups is 3. The molecule has 3 amide bonds. The zero-order valence-corrected chi connectivity index (χ0v) is 13.5. The first kappa shape index (κ1) is 16.5. The molecule has 25 heavy (non-hydrogen) atoms. The molecule has 2 aromatic rings. The highest BCUT2D eigenvalue weighted by molar-refractivity contribution is 6.04. The Hall–Kier alpha value is -3.35. The van der Waals surface area contributed by atoms with Crippen LogP contribution >= 0.6 is 0 Å². The second-order valence-corrected chi connectivity index (χ2v) is 5.61. The molecule has 1 fully saturated rings. The third-order valence-corrected chi connectivity index (χ3v) is 3.69. The van der Waals surface area contributed by atoms with Crippen molar-refractivity contribution >= 4 is 29.3 Å². The van der Waals surface area contributed by atoms with Gasteiger partial charge in [0.15, 0.2) is 0 Å². The topological polar surface area (TPSA) is 96.5 Å². The van der Waals surface area contributed by atoms with Crippen molar-refractivity contribution in [3.8, 4) is 0 Å². The van der Waals surface area contributed by atoms with E-state index in [4.69, 9.17) is 4.74 Å². The van der Waals surface area contributed by atoms with Gasteiger partial charge in [-0.2, -0.15) is 0 Å². The first-order valence-corrected chi connectivity index (χ1v) is 7.75. The number of carbonyl (C=O) groups excluding carboxylic acids is 3. The summed E-state index contributed by atoms with van der Waals surface area (Å²) < 4.78 is 5.11. The Morgan fingerprint density at radius 1 is 1.00 bits per heavy atom. The summed E-state index contributed by atoms with van der Waals surface area (Å²) in [4.78, 5) is 34.3. The Balaban J connectivity index is 1.62. The largest absolute Gasteiger partial charge is 0.439 e. The Morgan fingerprint density at radius 3 is 2.16 bits per heavy atom. The van der Waals surface area contributed by atoms with Crippen molar-refractivity contribution < 1.29 is 19.1 Å². The highest BCUT2D eigenvalue weighted by atomic mass is 16.6. The lowest BCUT2D eigenvalue weighted by Crippen LogP contribution is -2.13. The van der Waals surface area contributed by atoms with Gasteiger partial charge < -0.3 is 20.7 Å². The summed E-state index contributed by atoms with van der Waals surface area (Å²) in [5, 5.41) is 8.04. The van der Waals surface area contributed by atoms with Crippen LogP contribution in [0.3, 0.4) is 0 Å². The van der Waals surface area contributed by atoms with Gasteiger partial charge in [0.1, 0.15) is 6.10 Å². The number of rotatable bonds is 4. The van der Waals surface area contributed by atoms with E-state index in [9.17, 15) is 14.4 Å². The number of ether oxygens (including phenoxy) is 1. The Kier molecular flexibility index (Phi) is 4.65. The SMILES string of the molecule is CC(=O)Nc1ccc(C(=O)Nc2ccc(C3CNC(=O)O3)cc2)cc1. The number of nitrogens with one attached hydrogen (secondary N) is 3. The predicted molar refractivity (Wildman–Crippen MR) is 92.4 cm³/mol. The average Bonchev–Trinajstić information content (AvgIpc) is 3.02. The van der Waals surface area contributed by atoms with Gasteiger partial charge in [0.05, 0.1) is 6.54 Å². The van der Waals surface area contributed by atoms with E-state index in [2.05, 4.69) is 16.0 Å². The van der Waals surface area contributed by atoms with Gasteiger partial charge in [-0.3, -0.25) is 9.59 Å².